The predicted octanol–water partition coefficient (Wildman–Crippen LogP) is 9.26. The molecule has 0 radical (unpaired) electrons. The highest BCUT2D eigenvalue weighted by molar-refractivity contribution is 9.10. The Hall–Kier alpha value is -2.98. The first-order valence-corrected chi connectivity index (χ1v) is 12.6. The summed E-state index contributed by atoms with van der Waals surface area (Å²) >= 11 is 6.53. The van der Waals surface area contributed by atoms with E-state index in [1.807, 2.05) is 5.32 Å². The van der Waals surface area contributed by atoms with Gasteiger partial charge >= 0.3 is 17.9 Å². The third kappa shape index (κ3) is 7.27. The molecule has 3 rings (SSSR count). The van der Waals surface area contributed by atoms with Crippen LogP contribution >= 0.6 is 39.3 Å². The molecule has 0 fully saturated rings. The van der Waals surface area contributed by atoms with E-state index in [4.69, 9.17) is 11.6 Å². The van der Waals surface area contributed by atoms with E-state index < -0.39 is 72.7 Å². The summed E-state index contributed by atoms with van der Waals surface area (Å²) in [4.78, 5) is 18.9. The van der Waals surface area contributed by atoms with Crippen LogP contribution in [0.2, 0.25) is 0 Å². The maximum Gasteiger partial charge on any atom is 0.446 e. The van der Waals surface area contributed by atoms with Crippen LogP contribution in [0.1, 0.15) is 26.3 Å². The van der Waals surface area contributed by atoms with E-state index in [1.54, 1.807) is 0 Å². The van der Waals surface area contributed by atoms with Crippen molar-refractivity contribution in [3.63, 3.8) is 0 Å². The van der Waals surface area contributed by atoms with E-state index in [2.05, 4.69) is 21.2 Å². The van der Waals surface area contributed by atoms with Crippen LogP contribution in [0.4, 0.5) is 55.3 Å². The lowest BCUT2D eigenvalue weighted by Crippen LogP contribution is -2.49. The maximum absolute atomic E-state index is 13.9. The molecule has 3 aromatic carbocycles. The Morgan fingerprint density at radius 3 is 1.95 bits per heavy atom. The average molecular weight is 698 g/mol. The van der Waals surface area contributed by atoms with Gasteiger partial charge in [-0.15, -0.1) is 0 Å². The third-order valence-electron chi connectivity index (χ3n) is 5.20. The molecule has 41 heavy (non-hydrogen) atoms. The topological polar surface area (TPSA) is 58.2 Å². The number of halogens is 12. The van der Waals surface area contributed by atoms with Crippen molar-refractivity contribution in [3.8, 4) is 0 Å². The van der Waals surface area contributed by atoms with E-state index >= 15 is 0 Å². The van der Waals surface area contributed by atoms with E-state index in [0.717, 1.165) is 18.2 Å². The number of thioether (sulfide) groups is 1. The van der Waals surface area contributed by atoms with Crippen molar-refractivity contribution in [2.24, 2.45) is 0 Å². The van der Waals surface area contributed by atoms with Crippen molar-refractivity contribution in [1.82, 2.24) is 0 Å². The molecule has 2 N–H and O–H groups in total. The molecule has 17 heteroatoms. The molecule has 0 heterocycles. The molecule has 0 aliphatic heterocycles. The molecule has 0 saturated carbocycles. The molecule has 0 aliphatic rings. The fourth-order valence-electron chi connectivity index (χ4n) is 3.36. The number of carbonyl (C=O) groups excluding carboxylic acids is 2. The minimum Gasteiger partial charge on any atom is -0.322 e. The molecule has 0 atom stereocenters. The normalized spacial score (nSPS) is 12.7. The second-order valence-corrected chi connectivity index (χ2v) is 10.5. The molecule has 3 aromatic rings. The highest BCUT2D eigenvalue weighted by atomic mass is 79.9. The molecule has 0 aromatic heterocycles. The Labute approximate surface area is 241 Å². The molecular weight excluding hydrogens is 686 g/mol. The SMILES string of the molecule is O=C(Nc1c(Br)cc(C(Cl)(C(F)(F)F)C(F)(F)F)cc1SC(F)(F)F)c1cccc(NC(=O)c2ccccc2F)c1. The van der Waals surface area contributed by atoms with Crippen LogP contribution in [-0.4, -0.2) is 29.7 Å². The van der Waals surface area contributed by atoms with Crippen LogP contribution in [0.3, 0.4) is 0 Å². The van der Waals surface area contributed by atoms with Crippen LogP contribution in [0.15, 0.2) is 70.0 Å². The van der Waals surface area contributed by atoms with Gasteiger partial charge in [0.2, 0.25) is 0 Å². The number of rotatable bonds is 6. The molecule has 0 spiro atoms. The van der Waals surface area contributed by atoms with E-state index in [-0.39, 0.29) is 28.9 Å². The largest absolute Gasteiger partial charge is 0.446 e. The molecule has 2 amide bonds. The molecule has 0 saturated heterocycles. The minimum absolute atomic E-state index is 0.0486. The van der Waals surface area contributed by atoms with E-state index in [1.165, 1.54) is 30.3 Å². The number of hydrogen-bond acceptors (Lipinski definition) is 3. The molecule has 4 nitrogen and oxygen atoms in total. The minimum atomic E-state index is -6.18. The Morgan fingerprint density at radius 1 is 0.780 bits per heavy atom. The smallest absolute Gasteiger partial charge is 0.322 e. The zero-order chi connectivity index (χ0) is 31.0. The number of amides is 2. The predicted molar refractivity (Wildman–Crippen MR) is 134 cm³/mol. The summed E-state index contributed by atoms with van der Waals surface area (Å²) in [6, 6.07) is 9.77. The van der Waals surface area contributed by atoms with Crippen LogP contribution < -0.4 is 10.6 Å². The van der Waals surface area contributed by atoms with Crippen molar-refractivity contribution in [2.75, 3.05) is 10.6 Å². The summed E-state index contributed by atoms with van der Waals surface area (Å²) in [5, 5.41) is 4.33. The number of anilines is 2. The highest BCUT2D eigenvalue weighted by Gasteiger charge is 2.71. The first-order chi connectivity index (χ1) is 18.7. The summed E-state index contributed by atoms with van der Waals surface area (Å²) in [6.07, 6.45) is -12.4. The molecule has 220 valence electrons. The van der Waals surface area contributed by atoms with Crippen LogP contribution in [0.5, 0.6) is 0 Å². The van der Waals surface area contributed by atoms with Gasteiger partial charge in [-0.25, -0.2) is 4.39 Å². The van der Waals surface area contributed by atoms with Crippen LogP contribution in [0.25, 0.3) is 0 Å². The van der Waals surface area contributed by atoms with Gasteiger partial charge in [0.15, 0.2) is 0 Å². The number of benzene rings is 3. The lowest BCUT2D eigenvalue weighted by molar-refractivity contribution is -0.272. The van der Waals surface area contributed by atoms with Gasteiger partial charge in [-0.2, -0.15) is 39.5 Å². The first kappa shape index (κ1) is 32.5. The highest BCUT2D eigenvalue weighted by Crippen LogP contribution is 2.57. The second kappa shape index (κ2) is 11.7. The van der Waals surface area contributed by atoms with Gasteiger partial charge in [-0.1, -0.05) is 29.8 Å². The second-order valence-electron chi connectivity index (χ2n) is 8.00. The fourth-order valence-corrected chi connectivity index (χ4v) is 4.86. The summed E-state index contributed by atoms with van der Waals surface area (Å²) in [5.74, 6) is -2.91. The fraction of sp³-hybridized carbons (Fsp3) is 0.167. The van der Waals surface area contributed by atoms with Gasteiger partial charge in [0, 0.05) is 20.6 Å². The molecule has 0 bridgehead atoms. The maximum atomic E-state index is 13.9. The number of alkyl halides is 10. The van der Waals surface area contributed by atoms with Crippen LogP contribution in [0, 0.1) is 5.82 Å². The van der Waals surface area contributed by atoms with Gasteiger partial charge in [0.05, 0.1) is 11.3 Å². The van der Waals surface area contributed by atoms with Crippen molar-refractivity contribution < 1.29 is 53.5 Å². The lowest BCUT2D eigenvalue weighted by Gasteiger charge is -2.32. The monoisotopic (exact) mass is 696 g/mol. The van der Waals surface area contributed by atoms with Gasteiger partial charge in [0.1, 0.15) is 5.82 Å². The van der Waals surface area contributed by atoms with Crippen molar-refractivity contribution in [2.45, 2.75) is 27.6 Å². The summed E-state index contributed by atoms with van der Waals surface area (Å²) in [7, 11) is 0. The quantitative estimate of drug-likeness (QED) is 0.153. The van der Waals surface area contributed by atoms with Gasteiger partial charge < -0.3 is 10.6 Å². The van der Waals surface area contributed by atoms with Gasteiger partial charge in [-0.05, 0) is 75.7 Å². The summed E-state index contributed by atoms with van der Waals surface area (Å²) in [6.45, 7) is 0. The third-order valence-corrected chi connectivity index (χ3v) is 7.24. The Morgan fingerprint density at radius 2 is 1.39 bits per heavy atom. The summed E-state index contributed by atoms with van der Waals surface area (Å²) in [5.41, 5.74) is -8.49. The number of carbonyl (C=O) groups is 2. The average Bonchev–Trinajstić information content (AvgIpc) is 2.83. The van der Waals surface area contributed by atoms with E-state index in [9.17, 15) is 53.5 Å². The summed E-state index contributed by atoms with van der Waals surface area (Å²) < 4.78 is 134. The van der Waals surface area contributed by atoms with Gasteiger partial charge in [0.25, 0.3) is 16.7 Å². The van der Waals surface area contributed by atoms with Crippen molar-refractivity contribution >= 4 is 62.5 Å². The Balaban J connectivity index is 2.00. The van der Waals surface area contributed by atoms with Crippen LogP contribution in [-0.2, 0) is 4.87 Å². The first-order valence-electron chi connectivity index (χ1n) is 10.6. The van der Waals surface area contributed by atoms with Crippen molar-refractivity contribution in [3.05, 3.63) is 87.6 Å². The number of nitrogens with one attached hydrogen (secondary N) is 2. The molecule has 0 aliphatic carbocycles. The zero-order valence-electron chi connectivity index (χ0n) is 19.5. The standard InChI is InChI=1S/C24H12BrClF10N2O2S/c25-15-9-12(21(26,22(28,29)30)23(31,32)33)10-17(41-24(34,35)36)18(15)38-19(39)11-4-3-5-13(8-11)37-20(40)14-6-1-2-7-16(14)27/h1-10H,(H,37,40)(H,38,39). The van der Waals surface area contributed by atoms with E-state index in [0.29, 0.717) is 0 Å². The molecular formula is C24H12BrClF10N2O2S. The molecule has 0 unspecified atom stereocenters. The number of hydrogen-bond donors (Lipinski definition) is 2. The Bertz CT molecular complexity index is 1460. The van der Waals surface area contributed by atoms with Crippen molar-refractivity contribution in [1.29, 1.82) is 0 Å². The Kier molecular flexibility index (Phi) is 9.30. The lowest BCUT2D eigenvalue weighted by atomic mass is 9.96. The zero-order valence-corrected chi connectivity index (χ0v) is 22.7. The van der Waals surface area contributed by atoms with Gasteiger partial charge in [-0.3, -0.25) is 9.59 Å².